The summed E-state index contributed by atoms with van der Waals surface area (Å²) >= 11 is 18.7. The fourth-order valence-corrected chi connectivity index (χ4v) is 7.47. The van der Waals surface area contributed by atoms with Crippen LogP contribution in [-0.4, -0.2) is 19.9 Å². The number of H-pyrrole nitrogens is 4. The summed E-state index contributed by atoms with van der Waals surface area (Å²) in [7, 11) is 0. The van der Waals surface area contributed by atoms with Crippen LogP contribution in [-0.2, 0) is 0 Å². The van der Waals surface area contributed by atoms with Gasteiger partial charge in [0.15, 0.2) is 21.7 Å². The van der Waals surface area contributed by atoms with Crippen molar-refractivity contribution in [3.63, 3.8) is 0 Å². The number of pyridine rings is 4. The summed E-state index contributed by atoms with van der Waals surface area (Å²) < 4.78 is 0. The first-order chi connectivity index (χ1) is 24.7. The summed E-state index contributed by atoms with van der Waals surface area (Å²) in [5.74, 6) is 0. The maximum atomic E-state index is 12.9. The number of para-hydroxylation sites is 4. The van der Waals surface area contributed by atoms with Gasteiger partial charge in [-0.25, -0.2) is 0 Å². The van der Waals surface area contributed by atoms with E-state index in [4.69, 9.17) is 34.8 Å². The van der Waals surface area contributed by atoms with Crippen LogP contribution in [0.5, 0.6) is 0 Å². The molecule has 0 bridgehead atoms. The fourth-order valence-electron chi connectivity index (χ4n) is 6.81. The molecule has 0 spiro atoms. The standard InChI is InChI=1S/C20H10Cl2N2O2.C20H11ClN2O2/c21-13-5-1-3-9-17(13)23-15-8-12-16(7-11(15)19(9)25)24-18-10(20(12)26)4-2-6-14(18)22;21-14-6-3-5-11-18(14)23-17-9-12-16(8-13(17)20(11)25)22-15-7-2-1-4-10(15)19(12)24/h1-8H,(H,23,25)(H,24,26);1-9H,(H,22,24)(H,23,25). The van der Waals surface area contributed by atoms with Gasteiger partial charge in [0, 0.05) is 48.6 Å². The van der Waals surface area contributed by atoms with Gasteiger partial charge in [0.05, 0.1) is 53.7 Å². The summed E-state index contributed by atoms with van der Waals surface area (Å²) in [6.07, 6.45) is 0. The van der Waals surface area contributed by atoms with Crippen LogP contribution in [0.2, 0.25) is 15.1 Å². The van der Waals surface area contributed by atoms with Crippen molar-refractivity contribution in [2.45, 2.75) is 0 Å². The zero-order valence-electron chi connectivity index (χ0n) is 26.1. The van der Waals surface area contributed by atoms with Crippen LogP contribution < -0.4 is 21.7 Å². The largest absolute Gasteiger partial charge is 0.354 e. The highest BCUT2D eigenvalue weighted by Gasteiger charge is 2.14. The lowest BCUT2D eigenvalue weighted by Gasteiger charge is -2.08. The second-order valence-electron chi connectivity index (χ2n) is 12.2. The summed E-state index contributed by atoms with van der Waals surface area (Å²) in [6, 6.07) is 29.8. The second kappa shape index (κ2) is 11.6. The molecule has 8 nitrogen and oxygen atoms in total. The van der Waals surface area contributed by atoms with E-state index < -0.39 is 0 Å². The maximum Gasteiger partial charge on any atom is 0.197 e. The van der Waals surface area contributed by atoms with Crippen molar-refractivity contribution in [2.24, 2.45) is 0 Å². The molecule has 0 amide bonds. The zero-order valence-corrected chi connectivity index (χ0v) is 28.3. The maximum absolute atomic E-state index is 12.9. The van der Waals surface area contributed by atoms with Gasteiger partial charge in [0.1, 0.15) is 0 Å². The summed E-state index contributed by atoms with van der Waals surface area (Å²) in [6.45, 7) is 0. The molecule has 0 aliphatic heterocycles. The number of halogens is 3. The first-order valence-corrected chi connectivity index (χ1v) is 16.9. The van der Waals surface area contributed by atoms with Gasteiger partial charge in [-0.15, -0.1) is 0 Å². The Morgan fingerprint density at radius 1 is 0.314 bits per heavy atom. The number of hydrogen-bond acceptors (Lipinski definition) is 4. The number of hydrogen-bond donors (Lipinski definition) is 4. The predicted molar refractivity (Wildman–Crippen MR) is 210 cm³/mol. The Labute approximate surface area is 299 Å². The van der Waals surface area contributed by atoms with E-state index in [-0.39, 0.29) is 21.7 Å². The number of aromatic amines is 4. The number of benzene rings is 6. The van der Waals surface area contributed by atoms with Gasteiger partial charge < -0.3 is 19.9 Å². The normalized spacial score (nSPS) is 11.7. The van der Waals surface area contributed by atoms with E-state index in [0.29, 0.717) is 96.8 Å². The first-order valence-electron chi connectivity index (χ1n) is 15.8. The first kappa shape index (κ1) is 31.1. The molecule has 0 saturated heterocycles. The zero-order chi connectivity index (χ0) is 35.1. The molecule has 0 atom stereocenters. The van der Waals surface area contributed by atoms with E-state index in [9.17, 15) is 19.2 Å². The molecule has 10 aromatic rings. The third kappa shape index (κ3) is 4.83. The summed E-state index contributed by atoms with van der Waals surface area (Å²) in [4.78, 5) is 64.3. The molecule has 4 N–H and O–H groups in total. The highest BCUT2D eigenvalue weighted by Crippen LogP contribution is 2.27. The SMILES string of the molecule is O=c1c2cc3[nH]c4c(Cl)cccc4c(=O)c3cc2[nH]c2c(Cl)cccc12.O=c1c2ccccc2[nH]c2cc3c(=O)c4cccc(Cl)c4[nH]c3cc12. The Bertz CT molecular complexity index is 3290. The van der Waals surface area contributed by atoms with Gasteiger partial charge in [-0.05, 0) is 72.8 Å². The van der Waals surface area contributed by atoms with Crippen LogP contribution in [0.25, 0.3) is 87.2 Å². The van der Waals surface area contributed by atoms with E-state index in [1.165, 1.54) is 0 Å². The molecule has 11 heteroatoms. The van der Waals surface area contributed by atoms with Crippen LogP contribution in [0, 0.1) is 0 Å². The van der Waals surface area contributed by atoms with Crippen LogP contribution in [0.15, 0.2) is 122 Å². The van der Waals surface area contributed by atoms with Gasteiger partial charge in [-0.1, -0.05) is 65.1 Å². The Hall–Kier alpha value is -5.93. The number of fused-ring (bicyclic) bond motifs is 8. The molecular weight excluding hydrogens is 707 g/mol. The molecule has 6 aromatic carbocycles. The average Bonchev–Trinajstić information content (AvgIpc) is 3.13. The smallest absolute Gasteiger partial charge is 0.197 e. The highest BCUT2D eigenvalue weighted by molar-refractivity contribution is 6.36. The minimum atomic E-state index is -0.141. The molecule has 0 unspecified atom stereocenters. The molecule has 246 valence electrons. The molecule has 4 heterocycles. The van der Waals surface area contributed by atoms with Crippen molar-refractivity contribution in [3.05, 3.63) is 159 Å². The van der Waals surface area contributed by atoms with Crippen LogP contribution in [0.3, 0.4) is 0 Å². The van der Waals surface area contributed by atoms with E-state index in [1.54, 1.807) is 84.9 Å². The highest BCUT2D eigenvalue weighted by atomic mass is 35.5. The molecule has 4 aromatic heterocycles. The van der Waals surface area contributed by atoms with Crippen LogP contribution in [0.1, 0.15) is 0 Å². The van der Waals surface area contributed by atoms with Crippen LogP contribution in [0.4, 0.5) is 0 Å². The average molecular weight is 728 g/mol. The van der Waals surface area contributed by atoms with Crippen molar-refractivity contribution < 1.29 is 0 Å². The quantitative estimate of drug-likeness (QED) is 0.116. The molecule has 0 fully saturated rings. The monoisotopic (exact) mass is 726 g/mol. The lowest BCUT2D eigenvalue weighted by molar-refractivity contribution is 1.46. The van der Waals surface area contributed by atoms with Crippen molar-refractivity contribution in [2.75, 3.05) is 0 Å². The Balaban J connectivity index is 0.000000137. The topological polar surface area (TPSA) is 131 Å². The molecule has 0 aliphatic rings. The Morgan fingerprint density at radius 3 is 1.02 bits per heavy atom. The Kier molecular flexibility index (Phi) is 7.05. The third-order valence-corrected chi connectivity index (χ3v) is 10.2. The fraction of sp³-hybridized carbons (Fsp3) is 0. The number of nitrogens with one attached hydrogen (secondary N) is 4. The van der Waals surface area contributed by atoms with E-state index >= 15 is 0 Å². The lowest BCUT2D eigenvalue weighted by Crippen LogP contribution is -2.08. The van der Waals surface area contributed by atoms with Gasteiger partial charge in [-0.2, -0.15) is 0 Å². The number of rotatable bonds is 0. The van der Waals surface area contributed by atoms with Gasteiger partial charge in [0.2, 0.25) is 0 Å². The minimum absolute atomic E-state index is 0.0636. The molecule has 51 heavy (non-hydrogen) atoms. The van der Waals surface area contributed by atoms with Crippen LogP contribution >= 0.6 is 34.8 Å². The van der Waals surface area contributed by atoms with E-state index in [1.807, 2.05) is 18.2 Å². The van der Waals surface area contributed by atoms with Gasteiger partial charge in [-0.3, -0.25) is 19.2 Å². The van der Waals surface area contributed by atoms with Crippen molar-refractivity contribution in [3.8, 4) is 0 Å². The predicted octanol–water partition coefficient (Wildman–Crippen LogP) is 9.31. The van der Waals surface area contributed by atoms with Crippen molar-refractivity contribution >= 4 is 122 Å². The third-order valence-electron chi connectivity index (χ3n) is 9.29. The Morgan fingerprint density at radius 2 is 0.627 bits per heavy atom. The van der Waals surface area contributed by atoms with E-state index in [0.717, 1.165) is 5.52 Å². The number of aromatic nitrogens is 4. The van der Waals surface area contributed by atoms with E-state index in [2.05, 4.69) is 19.9 Å². The molecule has 0 radical (unpaired) electrons. The minimum Gasteiger partial charge on any atom is -0.354 e. The molecule has 10 rings (SSSR count). The summed E-state index contributed by atoms with van der Waals surface area (Å²) in [5.41, 5.74) is 4.37. The summed E-state index contributed by atoms with van der Waals surface area (Å²) in [5, 5.41) is 5.57. The second-order valence-corrected chi connectivity index (χ2v) is 13.5. The van der Waals surface area contributed by atoms with Gasteiger partial charge in [0.25, 0.3) is 0 Å². The molecule has 0 saturated carbocycles. The van der Waals surface area contributed by atoms with Crippen molar-refractivity contribution in [1.82, 2.24) is 19.9 Å². The van der Waals surface area contributed by atoms with Gasteiger partial charge >= 0.3 is 0 Å². The molecular formula is C40H21Cl3N4O4. The molecule has 0 aliphatic carbocycles. The van der Waals surface area contributed by atoms with Crippen molar-refractivity contribution in [1.29, 1.82) is 0 Å². The lowest BCUT2D eigenvalue weighted by atomic mass is 10.1.